The third-order valence-corrected chi connectivity index (χ3v) is 4.00. The van der Waals surface area contributed by atoms with Crippen LogP contribution in [0.1, 0.15) is 30.9 Å². The summed E-state index contributed by atoms with van der Waals surface area (Å²) < 4.78 is 0. The molecule has 3 rings (SSSR count). The van der Waals surface area contributed by atoms with E-state index in [-0.39, 0.29) is 29.9 Å². The first-order valence-electron chi connectivity index (χ1n) is 7.62. The largest absolute Gasteiger partial charge is 0.352 e. The van der Waals surface area contributed by atoms with Crippen LogP contribution in [0.2, 0.25) is 0 Å². The number of nitrogens with one attached hydrogen (secondary N) is 2. The van der Waals surface area contributed by atoms with E-state index < -0.39 is 0 Å². The Morgan fingerprint density at radius 1 is 1.36 bits per heavy atom. The zero-order valence-corrected chi connectivity index (χ0v) is 15.2. The Morgan fingerprint density at radius 2 is 2.14 bits per heavy atom. The van der Waals surface area contributed by atoms with Gasteiger partial charge in [0, 0.05) is 32.1 Å². The molecule has 0 aromatic heterocycles. The summed E-state index contributed by atoms with van der Waals surface area (Å²) in [6, 6.07) is 8.70. The smallest absolute Gasteiger partial charge is 0.222 e. The van der Waals surface area contributed by atoms with Crippen molar-refractivity contribution in [2.45, 2.75) is 38.9 Å². The van der Waals surface area contributed by atoms with Gasteiger partial charge in [-0.25, -0.2) is 0 Å². The fraction of sp³-hybridized carbons (Fsp3) is 0.500. The number of benzene rings is 1. The van der Waals surface area contributed by atoms with Crippen LogP contribution in [0.3, 0.4) is 0 Å². The molecule has 1 saturated heterocycles. The Kier molecular flexibility index (Phi) is 6.05. The topological polar surface area (TPSA) is 56.7 Å². The molecule has 1 aromatic rings. The van der Waals surface area contributed by atoms with E-state index in [0.717, 1.165) is 32.0 Å². The van der Waals surface area contributed by atoms with Crippen molar-refractivity contribution in [3.8, 4) is 0 Å². The summed E-state index contributed by atoms with van der Waals surface area (Å²) >= 11 is 0. The maximum Gasteiger partial charge on any atom is 0.222 e. The lowest BCUT2D eigenvalue weighted by molar-refractivity contribution is -0.128. The highest BCUT2D eigenvalue weighted by molar-refractivity contribution is 14.0. The van der Waals surface area contributed by atoms with Gasteiger partial charge in [-0.1, -0.05) is 24.3 Å². The molecule has 1 amide bonds. The van der Waals surface area contributed by atoms with Crippen molar-refractivity contribution in [1.82, 2.24) is 15.5 Å². The predicted octanol–water partition coefficient (Wildman–Crippen LogP) is 1.86. The molecule has 6 heteroatoms. The summed E-state index contributed by atoms with van der Waals surface area (Å²) in [7, 11) is 0. The van der Waals surface area contributed by atoms with Gasteiger partial charge >= 0.3 is 0 Å². The molecular weight excluding hydrogens is 391 g/mol. The lowest BCUT2D eigenvalue weighted by Gasteiger charge is -2.18. The molecule has 0 bridgehead atoms. The van der Waals surface area contributed by atoms with Crippen molar-refractivity contribution < 1.29 is 4.79 Å². The van der Waals surface area contributed by atoms with Gasteiger partial charge in [0.2, 0.25) is 5.91 Å². The molecule has 1 aromatic carbocycles. The number of hydrogen-bond acceptors (Lipinski definition) is 4. The third kappa shape index (κ3) is 4.12. The minimum atomic E-state index is 0. The Hall–Kier alpha value is -1.31. The molecule has 1 atom stereocenters. The average Bonchev–Trinajstić information content (AvgIpc) is 3.07. The van der Waals surface area contributed by atoms with Gasteiger partial charge in [-0.15, -0.1) is 24.0 Å². The van der Waals surface area contributed by atoms with E-state index in [0.29, 0.717) is 19.0 Å². The Labute approximate surface area is 148 Å². The van der Waals surface area contributed by atoms with Crippen LogP contribution >= 0.6 is 24.0 Å². The fourth-order valence-corrected chi connectivity index (χ4v) is 2.80. The molecule has 2 N–H and O–H groups in total. The van der Waals surface area contributed by atoms with Gasteiger partial charge in [-0.2, -0.15) is 0 Å². The zero-order chi connectivity index (χ0) is 14.7. The lowest BCUT2D eigenvalue weighted by atomic mass is 10.1. The van der Waals surface area contributed by atoms with Gasteiger partial charge in [0.05, 0.1) is 6.54 Å². The van der Waals surface area contributed by atoms with Crippen LogP contribution in [0.25, 0.3) is 0 Å². The maximum atomic E-state index is 11.8. The number of rotatable bonds is 4. The van der Waals surface area contributed by atoms with Crippen molar-refractivity contribution in [1.29, 1.82) is 0 Å². The molecule has 2 heterocycles. The van der Waals surface area contributed by atoms with E-state index in [1.54, 1.807) is 0 Å². The molecule has 0 radical (unpaired) electrons. The highest BCUT2D eigenvalue weighted by Gasteiger charge is 2.21. The Bertz CT molecular complexity index is 561. The highest BCUT2D eigenvalue weighted by Crippen LogP contribution is 2.17. The summed E-state index contributed by atoms with van der Waals surface area (Å²) in [5.41, 5.74) is 2.44. The van der Waals surface area contributed by atoms with E-state index in [1.807, 2.05) is 17.0 Å². The monoisotopic (exact) mass is 414 g/mol. The van der Waals surface area contributed by atoms with Crippen molar-refractivity contribution in [2.24, 2.45) is 4.99 Å². The van der Waals surface area contributed by atoms with Crippen LogP contribution in [-0.4, -0.2) is 35.9 Å². The van der Waals surface area contributed by atoms with E-state index in [4.69, 9.17) is 0 Å². The Balaban J connectivity index is 0.00000176. The second kappa shape index (κ2) is 7.80. The van der Waals surface area contributed by atoms with Crippen molar-refractivity contribution in [3.05, 3.63) is 35.4 Å². The lowest BCUT2D eigenvalue weighted by Crippen LogP contribution is -2.37. The second-order valence-electron chi connectivity index (χ2n) is 5.78. The SMILES string of the molecule is CC1CN=C(NCc2ccccc2CN2CCCC2=O)N1.I. The number of halogens is 1. The van der Waals surface area contributed by atoms with Gasteiger partial charge in [-0.05, 0) is 24.5 Å². The number of carbonyl (C=O) groups is 1. The molecule has 2 aliphatic rings. The van der Waals surface area contributed by atoms with Crippen LogP contribution in [0, 0.1) is 0 Å². The van der Waals surface area contributed by atoms with E-state index >= 15 is 0 Å². The fourth-order valence-electron chi connectivity index (χ4n) is 2.80. The van der Waals surface area contributed by atoms with Gasteiger partial charge in [0.15, 0.2) is 5.96 Å². The number of likely N-dealkylation sites (tertiary alicyclic amines) is 1. The molecular formula is C16H23IN4O. The average molecular weight is 414 g/mol. The number of guanidine groups is 1. The van der Waals surface area contributed by atoms with Crippen LogP contribution in [-0.2, 0) is 17.9 Å². The molecule has 0 saturated carbocycles. The van der Waals surface area contributed by atoms with Gasteiger partial charge in [0.1, 0.15) is 0 Å². The van der Waals surface area contributed by atoms with Crippen molar-refractivity contribution in [2.75, 3.05) is 13.1 Å². The van der Waals surface area contributed by atoms with Crippen molar-refractivity contribution >= 4 is 35.8 Å². The molecule has 120 valence electrons. The standard InChI is InChI=1S/C16H22N4O.HI/c1-12-9-17-16(19-12)18-10-13-5-2-3-6-14(13)11-20-8-4-7-15(20)21;/h2-3,5-6,12H,4,7-11H2,1H3,(H2,17,18,19);1H. The number of amides is 1. The van der Waals surface area contributed by atoms with Gasteiger partial charge < -0.3 is 15.5 Å². The molecule has 1 unspecified atom stereocenters. The third-order valence-electron chi connectivity index (χ3n) is 4.00. The van der Waals surface area contributed by atoms with Crippen LogP contribution < -0.4 is 10.6 Å². The number of carbonyl (C=O) groups excluding carboxylic acids is 1. The highest BCUT2D eigenvalue weighted by atomic mass is 127. The molecule has 22 heavy (non-hydrogen) atoms. The second-order valence-corrected chi connectivity index (χ2v) is 5.78. The van der Waals surface area contributed by atoms with E-state index in [1.165, 1.54) is 11.1 Å². The van der Waals surface area contributed by atoms with Crippen molar-refractivity contribution in [3.63, 3.8) is 0 Å². The van der Waals surface area contributed by atoms with Gasteiger partial charge in [-0.3, -0.25) is 9.79 Å². The number of hydrogen-bond donors (Lipinski definition) is 2. The summed E-state index contributed by atoms with van der Waals surface area (Å²) in [6.45, 7) is 5.27. The Morgan fingerprint density at radius 3 is 2.77 bits per heavy atom. The zero-order valence-electron chi connectivity index (χ0n) is 12.8. The quantitative estimate of drug-likeness (QED) is 0.740. The van der Waals surface area contributed by atoms with E-state index in [2.05, 4.69) is 34.7 Å². The first kappa shape index (κ1) is 17.1. The molecule has 0 aliphatic carbocycles. The van der Waals surface area contributed by atoms with E-state index in [9.17, 15) is 4.79 Å². The number of aliphatic imine (C=N–C) groups is 1. The summed E-state index contributed by atoms with van der Waals surface area (Å²) in [4.78, 5) is 18.1. The van der Waals surface area contributed by atoms with Crippen LogP contribution in [0.4, 0.5) is 0 Å². The first-order valence-corrected chi connectivity index (χ1v) is 7.62. The molecule has 1 fully saturated rings. The molecule has 2 aliphatic heterocycles. The summed E-state index contributed by atoms with van der Waals surface area (Å²) in [5.74, 6) is 1.14. The summed E-state index contributed by atoms with van der Waals surface area (Å²) in [5, 5.41) is 6.64. The summed E-state index contributed by atoms with van der Waals surface area (Å²) in [6.07, 6.45) is 1.68. The first-order chi connectivity index (χ1) is 10.2. The molecule has 0 spiro atoms. The normalized spacial score (nSPS) is 20.4. The van der Waals surface area contributed by atoms with Gasteiger partial charge in [0.25, 0.3) is 0 Å². The maximum absolute atomic E-state index is 11.8. The number of nitrogens with zero attached hydrogens (tertiary/aromatic N) is 2. The minimum Gasteiger partial charge on any atom is -0.352 e. The minimum absolute atomic E-state index is 0. The predicted molar refractivity (Wildman–Crippen MR) is 98.2 cm³/mol. The van der Waals surface area contributed by atoms with Crippen LogP contribution in [0.5, 0.6) is 0 Å². The van der Waals surface area contributed by atoms with Crippen LogP contribution in [0.15, 0.2) is 29.3 Å². The molecule has 5 nitrogen and oxygen atoms in total.